The highest BCUT2D eigenvalue weighted by Gasteiger charge is 2.35. The van der Waals surface area contributed by atoms with Crippen LogP contribution in [0.1, 0.15) is 45.7 Å². The average Bonchev–Trinajstić information content (AvgIpc) is 2.98. The molecule has 0 unspecified atom stereocenters. The van der Waals surface area contributed by atoms with Crippen LogP contribution in [-0.2, 0) is 11.0 Å². The number of rotatable bonds is 8. The third-order valence-electron chi connectivity index (χ3n) is 7.78. The molecule has 0 N–H and O–H groups in total. The van der Waals surface area contributed by atoms with Gasteiger partial charge in [0.2, 0.25) is 0 Å². The zero-order valence-corrected chi connectivity index (χ0v) is 24.9. The van der Waals surface area contributed by atoms with E-state index in [4.69, 9.17) is 0 Å². The molecule has 5 rings (SSSR count). The summed E-state index contributed by atoms with van der Waals surface area (Å²) in [4.78, 5) is 0. The largest absolute Gasteiger partial charge is 0.271 e. The highest BCUT2D eigenvalue weighted by molar-refractivity contribution is 5.96. The molecule has 0 saturated heterocycles. The quantitative estimate of drug-likeness (QED) is 0.144. The van der Waals surface area contributed by atoms with Crippen molar-refractivity contribution in [2.45, 2.75) is 45.6 Å². The van der Waals surface area contributed by atoms with E-state index in [0.717, 1.165) is 11.4 Å². The number of benzene rings is 5. The van der Waals surface area contributed by atoms with Crippen molar-refractivity contribution >= 4 is 32.9 Å². The van der Waals surface area contributed by atoms with Gasteiger partial charge >= 0.3 is 0 Å². The molecule has 0 fully saturated rings. The van der Waals surface area contributed by atoms with E-state index in [-0.39, 0.29) is 5.41 Å². The second kappa shape index (κ2) is 11.5. The van der Waals surface area contributed by atoms with E-state index < -0.39 is 5.54 Å². The number of nitrogens with zero attached hydrogens (tertiary/aromatic N) is 2. The Morgan fingerprint density at radius 2 is 1.22 bits per heavy atom. The lowest BCUT2D eigenvalue weighted by atomic mass is 9.84. The van der Waals surface area contributed by atoms with Crippen LogP contribution in [0.5, 0.6) is 0 Å². The summed E-state index contributed by atoms with van der Waals surface area (Å²) in [6, 6.07) is 39.6. The maximum absolute atomic E-state index is 3.84. The van der Waals surface area contributed by atoms with E-state index in [2.05, 4.69) is 173 Å². The van der Waals surface area contributed by atoms with Gasteiger partial charge < -0.3 is 0 Å². The molecule has 0 aliphatic heterocycles. The molecule has 2 heteroatoms. The standard InChI is InChI=1S/C39H40N2/c1-7-8-9-14-28-40(35-27-22-30-16-10-11-18-32(30)29-35)41(37-21-15-19-31-17-12-13-20-36(31)37)39(5,6)34-25-23-33(24-26-34)38(2,3)4/h7-29H,1H2,2-6H3/b9-8-,28-14-. The lowest BCUT2D eigenvalue weighted by Gasteiger charge is -2.47. The average molecular weight is 537 g/mol. The molecule has 0 spiro atoms. The number of fused-ring (bicyclic) bond motifs is 2. The van der Waals surface area contributed by atoms with Gasteiger partial charge in [0, 0.05) is 11.6 Å². The molecule has 41 heavy (non-hydrogen) atoms. The molecular formula is C39H40N2. The van der Waals surface area contributed by atoms with Crippen LogP contribution in [0.3, 0.4) is 0 Å². The Morgan fingerprint density at radius 3 is 1.93 bits per heavy atom. The smallest absolute Gasteiger partial charge is 0.0811 e. The van der Waals surface area contributed by atoms with Crippen LogP contribution in [0, 0.1) is 0 Å². The van der Waals surface area contributed by atoms with Crippen LogP contribution in [0.2, 0.25) is 0 Å². The third kappa shape index (κ3) is 5.83. The molecule has 0 aromatic heterocycles. The van der Waals surface area contributed by atoms with Crippen molar-refractivity contribution in [3.8, 4) is 0 Å². The molecule has 0 saturated carbocycles. The zero-order chi connectivity index (χ0) is 29.0. The predicted octanol–water partition coefficient (Wildman–Crippen LogP) is 10.7. The van der Waals surface area contributed by atoms with Crippen molar-refractivity contribution in [3.05, 3.63) is 157 Å². The first kappa shape index (κ1) is 28.0. The first-order valence-electron chi connectivity index (χ1n) is 14.3. The first-order valence-corrected chi connectivity index (χ1v) is 14.3. The fourth-order valence-corrected chi connectivity index (χ4v) is 5.44. The monoisotopic (exact) mass is 536 g/mol. The third-order valence-corrected chi connectivity index (χ3v) is 7.78. The molecule has 0 atom stereocenters. The number of anilines is 2. The van der Waals surface area contributed by atoms with Crippen LogP contribution in [0.25, 0.3) is 21.5 Å². The highest BCUT2D eigenvalue weighted by atomic mass is 15.6. The number of hydrazine groups is 1. The van der Waals surface area contributed by atoms with Gasteiger partial charge in [0.05, 0.1) is 16.9 Å². The van der Waals surface area contributed by atoms with E-state index in [9.17, 15) is 0 Å². The highest BCUT2D eigenvalue weighted by Crippen LogP contribution is 2.41. The van der Waals surface area contributed by atoms with Gasteiger partial charge in [-0.15, -0.1) is 0 Å². The summed E-state index contributed by atoms with van der Waals surface area (Å²) in [5.41, 5.74) is 4.46. The number of hydrogen-bond acceptors (Lipinski definition) is 2. The summed E-state index contributed by atoms with van der Waals surface area (Å²) in [6.45, 7) is 15.2. The summed E-state index contributed by atoms with van der Waals surface area (Å²) in [6.07, 6.45) is 10.00. The van der Waals surface area contributed by atoms with Gasteiger partial charge in [0.25, 0.3) is 0 Å². The fourth-order valence-electron chi connectivity index (χ4n) is 5.44. The second-order valence-electron chi connectivity index (χ2n) is 12.0. The van der Waals surface area contributed by atoms with E-state index in [0.29, 0.717) is 0 Å². The Bertz CT molecular complexity index is 1710. The Balaban J connectivity index is 1.76. The summed E-state index contributed by atoms with van der Waals surface area (Å²) in [5, 5.41) is 9.57. The van der Waals surface area contributed by atoms with Crippen molar-refractivity contribution in [2.75, 3.05) is 10.0 Å². The van der Waals surface area contributed by atoms with Gasteiger partial charge in [0.15, 0.2) is 0 Å². The predicted molar refractivity (Wildman–Crippen MR) is 179 cm³/mol. The fraction of sp³-hybridized carbons (Fsp3) is 0.179. The molecule has 206 valence electrons. The van der Waals surface area contributed by atoms with Crippen molar-refractivity contribution < 1.29 is 0 Å². The molecule has 0 radical (unpaired) electrons. The van der Waals surface area contributed by atoms with Crippen molar-refractivity contribution in [1.29, 1.82) is 0 Å². The molecule has 0 amide bonds. The molecule has 2 nitrogen and oxygen atoms in total. The Labute approximate surface area is 245 Å². The maximum atomic E-state index is 3.84. The zero-order valence-electron chi connectivity index (χ0n) is 24.9. The van der Waals surface area contributed by atoms with E-state index in [1.807, 2.05) is 12.2 Å². The SMILES string of the molecule is C=C/C=C\C=C/N(c1ccc2ccccc2c1)N(c1cccc2ccccc12)C(C)(C)c1ccc(C(C)(C)C)cc1. The molecular weight excluding hydrogens is 496 g/mol. The molecule has 0 aliphatic carbocycles. The summed E-state index contributed by atoms with van der Waals surface area (Å²) in [7, 11) is 0. The Morgan fingerprint density at radius 1 is 0.585 bits per heavy atom. The van der Waals surface area contributed by atoms with Gasteiger partial charge in [-0.25, -0.2) is 0 Å². The van der Waals surface area contributed by atoms with Crippen molar-refractivity contribution in [1.82, 2.24) is 0 Å². The second-order valence-corrected chi connectivity index (χ2v) is 12.0. The van der Waals surface area contributed by atoms with E-state index in [1.54, 1.807) is 6.08 Å². The van der Waals surface area contributed by atoms with Gasteiger partial charge in [-0.1, -0.05) is 137 Å². The number of hydrogen-bond donors (Lipinski definition) is 0. The van der Waals surface area contributed by atoms with E-state index >= 15 is 0 Å². The molecule has 0 bridgehead atoms. The lowest BCUT2D eigenvalue weighted by molar-refractivity contribution is 0.482. The topological polar surface area (TPSA) is 6.48 Å². The van der Waals surface area contributed by atoms with Crippen LogP contribution >= 0.6 is 0 Å². The lowest BCUT2D eigenvalue weighted by Crippen LogP contribution is -2.51. The van der Waals surface area contributed by atoms with Crippen LogP contribution in [0.4, 0.5) is 11.4 Å². The summed E-state index contributed by atoms with van der Waals surface area (Å²) < 4.78 is 0. The van der Waals surface area contributed by atoms with Crippen molar-refractivity contribution in [3.63, 3.8) is 0 Å². The van der Waals surface area contributed by atoms with Crippen molar-refractivity contribution in [2.24, 2.45) is 0 Å². The van der Waals surface area contributed by atoms with Gasteiger partial charge in [0.1, 0.15) is 0 Å². The first-order chi connectivity index (χ1) is 19.7. The van der Waals surface area contributed by atoms with Crippen LogP contribution in [-0.4, -0.2) is 0 Å². The number of allylic oxidation sites excluding steroid dienone is 4. The molecule has 5 aromatic rings. The van der Waals surface area contributed by atoms with Gasteiger partial charge in [-0.2, -0.15) is 0 Å². The summed E-state index contributed by atoms with van der Waals surface area (Å²) >= 11 is 0. The molecule has 5 aromatic carbocycles. The normalized spacial score (nSPS) is 12.4. The summed E-state index contributed by atoms with van der Waals surface area (Å²) in [5.74, 6) is 0. The minimum Gasteiger partial charge on any atom is -0.271 e. The Kier molecular flexibility index (Phi) is 7.85. The maximum Gasteiger partial charge on any atom is 0.0811 e. The minimum absolute atomic E-state index is 0.0926. The van der Waals surface area contributed by atoms with Crippen LogP contribution < -0.4 is 10.0 Å². The van der Waals surface area contributed by atoms with Crippen LogP contribution in [0.15, 0.2) is 146 Å². The Hall–Kier alpha value is -4.56. The molecule has 0 heterocycles. The molecule has 0 aliphatic rings. The van der Waals surface area contributed by atoms with Gasteiger partial charge in [-0.3, -0.25) is 10.0 Å². The minimum atomic E-state index is -0.418. The van der Waals surface area contributed by atoms with Gasteiger partial charge in [-0.05, 0) is 70.8 Å². The van der Waals surface area contributed by atoms with E-state index in [1.165, 1.54) is 32.7 Å².